The van der Waals surface area contributed by atoms with Gasteiger partial charge in [-0.3, -0.25) is 0 Å². The van der Waals surface area contributed by atoms with Crippen molar-refractivity contribution in [2.24, 2.45) is 5.73 Å². The quantitative estimate of drug-likeness (QED) is 0.788. The van der Waals surface area contributed by atoms with Crippen molar-refractivity contribution >= 4 is 21.6 Å². The van der Waals surface area contributed by atoms with Crippen molar-refractivity contribution < 1.29 is 9.50 Å². The normalized spacial score (nSPS) is 13.9. The summed E-state index contributed by atoms with van der Waals surface area (Å²) in [4.78, 5) is 0. The van der Waals surface area contributed by atoms with Crippen LogP contribution < -0.4 is 11.1 Å². The van der Waals surface area contributed by atoms with Crippen molar-refractivity contribution in [3.05, 3.63) is 28.0 Å². The minimum atomic E-state index is -0.674. The highest BCUT2D eigenvalue weighted by Crippen LogP contribution is 2.26. The summed E-state index contributed by atoms with van der Waals surface area (Å²) in [7, 11) is 0. The van der Waals surface area contributed by atoms with E-state index in [1.807, 2.05) is 6.07 Å². The van der Waals surface area contributed by atoms with Gasteiger partial charge in [-0.05, 0) is 35.0 Å². The Balaban J connectivity index is 2.81. The SMILES string of the molecule is CC(O)C(N)CNc1ccc(C#N)c(Br)c1F. The minimum absolute atomic E-state index is 0.121. The Kier molecular flexibility index (Phi) is 4.87. The molecule has 0 aromatic heterocycles. The van der Waals surface area contributed by atoms with Crippen LogP contribution in [0, 0.1) is 17.1 Å². The van der Waals surface area contributed by atoms with Crippen molar-refractivity contribution in [3.63, 3.8) is 0 Å². The van der Waals surface area contributed by atoms with Gasteiger partial charge in [-0.1, -0.05) is 0 Å². The third-order valence-electron chi connectivity index (χ3n) is 2.35. The van der Waals surface area contributed by atoms with E-state index in [4.69, 9.17) is 11.0 Å². The van der Waals surface area contributed by atoms with E-state index in [1.165, 1.54) is 12.1 Å². The summed E-state index contributed by atoms with van der Waals surface area (Å²) in [5.74, 6) is -0.540. The number of nitriles is 1. The van der Waals surface area contributed by atoms with E-state index >= 15 is 0 Å². The van der Waals surface area contributed by atoms with E-state index in [0.29, 0.717) is 0 Å². The highest BCUT2D eigenvalue weighted by Gasteiger charge is 2.13. The number of nitrogens with two attached hydrogens (primary N) is 1. The highest BCUT2D eigenvalue weighted by atomic mass is 79.9. The summed E-state index contributed by atoms with van der Waals surface area (Å²) in [6, 6.07) is 4.35. The predicted octanol–water partition coefficient (Wildman–Crippen LogP) is 1.58. The number of hydrogen-bond donors (Lipinski definition) is 3. The summed E-state index contributed by atoms with van der Waals surface area (Å²) < 4.78 is 13.9. The zero-order valence-corrected chi connectivity index (χ0v) is 10.8. The highest BCUT2D eigenvalue weighted by molar-refractivity contribution is 9.10. The average Bonchev–Trinajstić information content (AvgIpc) is 2.30. The van der Waals surface area contributed by atoms with Gasteiger partial charge >= 0.3 is 0 Å². The van der Waals surface area contributed by atoms with Crippen molar-refractivity contribution in [1.82, 2.24) is 0 Å². The molecule has 17 heavy (non-hydrogen) atoms. The van der Waals surface area contributed by atoms with Gasteiger partial charge in [-0.2, -0.15) is 5.26 Å². The van der Waals surface area contributed by atoms with E-state index in [2.05, 4.69) is 21.2 Å². The zero-order valence-electron chi connectivity index (χ0n) is 9.24. The monoisotopic (exact) mass is 301 g/mol. The Hall–Kier alpha value is -1.16. The Morgan fingerprint density at radius 1 is 1.65 bits per heavy atom. The first-order chi connectivity index (χ1) is 7.97. The van der Waals surface area contributed by atoms with Crippen LogP contribution in [0.5, 0.6) is 0 Å². The molecule has 92 valence electrons. The molecule has 4 nitrogen and oxygen atoms in total. The zero-order chi connectivity index (χ0) is 13.0. The maximum Gasteiger partial charge on any atom is 0.161 e. The third kappa shape index (κ3) is 3.40. The number of nitrogens with one attached hydrogen (secondary N) is 1. The van der Waals surface area contributed by atoms with E-state index < -0.39 is 18.0 Å². The fourth-order valence-corrected chi connectivity index (χ4v) is 1.61. The van der Waals surface area contributed by atoms with Gasteiger partial charge in [-0.25, -0.2) is 4.39 Å². The minimum Gasteiger partial charge on any atom is -0.392 e. The molecular formula is C11H13BrFN3O. The molecule has 4 N–H and O–H groups in total. The van der Waals surface area contributed by atoms with Gasteiger partial charge in [0, 0.05) is 12.6 Å². The number of nitrogens with zero attached hydrogens (tertiary/aromatic N) is 1. The standard InChI is InChI=1S/C11H13BrFN3O/c1-6(17)8(15)5-16-9-3-2-7(4-14)10(12)11(9)13/h2-3,6,8,16-17H,5,15H2,1H3. The van der Waals surface area contributed by atoms with Gasteiger partial charge in [0.2, 0.25) is 0 Å². The van der Waals surface area contributed by atoms with Crippen LogP contribution in [0.3, 0.4) is 0 Å². The molecule has 0 fully saturated rings. The lowest BCUT2D eigenvalue weighted by atomic mass is 10.1. The number of aliphatic hydroxyl groups excluding tert-OH is 1. The third-order valence-corrected chi connectivity index (χ3v) is 3.13. The predicted molar refractivity (Wildman–Crippen MR) is 67.0 cm³/mol. The Bertz CT molecular complexity index is 445. The van der Waals surface area contributed by atoms with Crippen LogP contribution >= 0.6 is 15.9 Å². The average molecular weight is 302 g/mol. The number of halogens is 2. The van der Waals surface area contributed by atoms with Crippen LogP contribution in [0.15, 0.2) is 16.6 Å². The van der Waals surface area contributed by atoms with Crippen LogP contribution in [-0.4, -0.2) is 23.8 Å². The Labute approximate surface area is 107 Å². The van der Waals surface area contributed by atoms with Gasteiger partial charge in [0.15, 0.2) is 5.82 Å². The first kappa shape index (κ1) is 13.9. The van der Waals surface area contributed by atoms with Crippen LogP contribution in [0.4, 0.5) is 10.1 Å². The maximum absolute atomic E-state index is 13.7. The molecule has 2 atom stereocenters. The van der Waals surface area contributed by atoms with Crippen LogP contribution in [0.2, 0.25) is 0 Å². The number of hydrogen-bond acceptors (Lipinski definition) is 4. The van der Waals surface area contributed by atoms with Gasteiger partial charge in [0.05, 0.1) is 21.8 Å². The summed E-state index contributed by atoms with van der Waals surface area (Å²) in [5.41, 5.74) is 6.08. The number of anilines is 1. The molecule has 1 rings (SSSR count). The van der Waals surface area contributed by atoms with Crippen LogP contribution in [0.25, 0.3) is 0 Å². The summed E-state index contributed by atoms with van der Waals surface area (Å²) >= 11 is 3.01. The molecule has 6 heteroatoms. The maximum atomic E-state index is 13.7. The van der Waals surface area contributed by atoms with E-state index in [0.717, 1.165) is 0 Å². The molecule has 0 spiro atoms. The Morgan fingerprint density at radius 2 is 2.29 bits per heavy atom. The molecule has 0 bridgehead atoms. The van der Waals surface area contributed by atoms with Gasteiger partial charge in [0.25, 0.3) is 0 Å². The topological polar surface area (TPSA) is 82.1 Å². The number of rotatable bonds is 4. The van der Waals surface area contributed by atoms with Crippen LogP contribution in [0.1, 0.15) is 12.5 Å². The molecule has 0 radical (unpaired) electrons. The van der Waals surface area contributed by atoms with Gasteiger partial charge in [0.1, 0.15) is 6.07 Å². The van der Waals surface area contributed by atoms with Crippen molar-refractivity contribution in [2.45, 2.75) is 19.1 Å². The molecule has 2 unspecified atom stereocenters. The summed E-state index contributed by atoms with van der Waals surface area (Å²) in [6.07, 6.45) is -0.674. The molecule has 0 heterocycles. The molecule has 1 aromatic rings. The molecule has 0 aliphatic heterocycles. The van der Waals surface area contributed by atoms with E-state index in [-0.39, 0.29) is 22.3 Å². The molecular weight excluding hydrogens is 289 g/mol. The summed E-state index contributed by atoms with van der Waals surface area (Å²) in [6.45, 7) is 1.81. The molecule has 0 aliphatic carbocycles. The van der Waals surface area contributed by atoms with E-state index in [9.17, 15) is 9.50 Å². The van der Waals surface area contributed by atoms with Gasteiger partial charge in [-0.15, -0.1) is 0 Å². The molecule has 0 saturated carbocycles. The van der Waals surface area contributed by atoms with Crippen LogP contribution in [-0.2, 0) is 0 Å². The second-order valence-electron chi connectivity index (χ2n) is 3.69. The number of benzene rings is 1. The molecule has 1 aromatic carbocycles. The van der Waals surface area contributed by atoms with Crippen molar-refractivity contribution in [3.8, 4) is 6.07 Å². The molecule has 0 saturated heterocycles. The second-order valence-corrected chi connectivity index (χ2v) is 4.48. The molecule has 0 amide bonds. The smallest absolute Gasteiger partial charge is 0.161 e. The Morgan fingerprint density at radius 3 is 2.82 bits per heavy atom. The fourth-order valence-electron chi connectivity index (χ4n) is 1.17. The van der Waals surface area contributed by atoms with E-state index in [1.54, 1.807) is 6.92 Å². The van der Waals surface area contributed by atoms with Gasteiger partial charge < -0.3 is 16.2 Å². The number of aliphatic hydroxyl groups is 1. The van der Waals surface area contributed by atoms with Crippen molar-refractivity contribution in [2.75, 3.05) is 11.9 Å². The lowest BCUT2D eigenvalue weighted by Gasteiger charge is -2.16. The van der Waals surface area contributed by atoms with Crippen molar-refractivity contribution in [1.29, 1.82) is 5.26 Å². The first-order valence-electron chi connectivity index (χ1n) is 5.03. The largest absolute Gasteiger partial charge is 0.392 e. The summed E-state index contributed by atoms with van der Waals surface area (Å²) in [5, 5.41) is 20.7. The lowest BCUT2D eigenvalue weighted by Crippen LogP contribution is -2.38. The molecule has 0 aliphatic rings. The second kappa shape index (κ2) is 5.96. The first-order valence-corrected chi connectivity index (χ1v) is 5.82. The lowest BCUT2D eigenvalue weighted by molar-refractivity contribution is 0.168. The fraction of sp³-hybridized carbons (Fsp3) is 0.364.